The summed E-state index contributed by atoms with van der Waals surface area (Å²) in [6.45, 7) is 18.8. The van der Waals surface area contributed by atoms with Crippen molar-refractivity contribution in [3.8, 4) is 5.75 Å². The maximum atomic E-state index is 12.3. The summed E-state index contributed by atoms with van der Waals surface area (Å²) in [5, 5.41) is 4.17. The summed E-state index contributed by atoms with van der Waals surface area (Å²) in [5.74, 6) is 0.748. The van der Waals surface area contributed by atoms with Crippen molar-refractivity contribution in [3.63, 3.8) is 0 Å². The Balaban J connectivity index is -0.000000407. The van der Waals surface area contributed by atoms with Gasteiger partial charge in [-0.2, -0.15) is 0 Å². The monoisotopic (exact) mass is 425 g/mol. The van der Waals surface area contributed by atoms with Crippen LogP contribution in [0.25, 0.3) is 5.32 Å². The predicted octanol–water partition coefficient (Wildman–Crippen LogP) is 5.19. The Morgan fingerprint density at radius 1 is 1.10 bits per heavy atom. The molecule has 2 rings (SSSR count). The molecule has 29 heavy (non-hydrogen) atoms. The number of ether oxygens (including phenoxy) is 1. The fraction of sp³-hybridized carbons (Fsp3) is 0.360. The molecule has 0 atom stereocenters. The molecule has 0 aliphatic carbocycles. The number of hydrogen-bond acceptors (Lipinski definition) is 1. The number of aryl methyl sites for hydroxylation is 1. The van der Waals surface area contributed by atoms with Gasteiger partial charge in [-0.3, -0.25) is 0 Å². The smallest absolute Gasteiger partial charge is 0.687 e. The third-order valence-corrected chi connectivity index (χ3v) is 3.04. The first kappa shape index (κ1) is 32.7. The molecule has 0 radical (unpaired) electrons. The van der Waals surface area contributed by atoms with Gasteiger partial charge >= 0.3 is 51.4 Å². The summed E-state index contributed by atoms with van der Waals surface area (Å²) in [7, 11) is 1.78. The van der Waals surface area contributed by atoms with Crippen LogP contribution in [0.3, 0.4) is 0 Å². The Labute approximate surface area is 221 Å². The first-order chi connectivity index (χ1) is 13.4. The molecule has 0 spiro atoms. The third kappa shape index (κ3) is 17.6. The second-order valence-electron chi connectivity index (χ2n) is 5.88. The van der Waals surface area contributed by atoms with Crippen molar-refractivity contribution in [3.05, 3.63) is 90.0 Å². The van der Waals surface area contributed by atoms with Crippen LogP contribution < -0.4 is 56.1 Å². The number of rotatable bonds is 5. The van der Waals surface area contributed by atoms with Gasteiger partial charge in [0.25, 0.3) is 0 Å². The van der Waals surface area contributed by atoms with Crippen LogP contribution >= 0.6 is 0 Å². The minimum absolute atomic E-state index is 0. The van der Waals surface area contributed by atoms with Crippen LogP contribution in [0.15, 0.2) is 67.8 Å². The van der Waals surface area contributed by atoms with E-state index in [9.17, 15) is 4.39 Å². The average Bonchev–Trinajstić information content (AvgIpc) is 2.66. The van der Waals surface area contributed by atoms with Crippen molar-refractivity contribution in [2.24, 2.45) is 0 Å². The molecule has 0 aliphatic rings. The van der Waals surface area contributed by atoms with E-state index >= 15 is 0 Å². The van der Waals surface area contributed by atoms with E-state index in [0.29, 0.717) is 5.56 Å². The normalized spacial score (nSPS) is 8.45. The molecule has 0 aliphatic heterocycles. The summed E-state index contributed by atoms with van der Waals surface area (Å²) in [4.78, 5) is 0. The summed E-state index contributed by atoms with van der Waals surface area (Å²) < 4.78 is 18.0. The Morgan fingerprint density at radius 2 is 1.66 bits per heavy atom. The molecule has 0 aromatic heterocycles. The van der Waals surface area contributed by atoms with E-state index in [2.05, 4.69) is 24.5 Å². The Bertz CT molecular complexity index is 651. The summed E-state index contributed by atoms with van der Waals surface area (Å²) in [6, 6.07) is 12.7. The molecule has 156 valence electrons. The fourth-order valence-corrected chi connectivity index (χ4v) is 1.95. The van der Waals surface area contributed by atoms with Gasteiger partial charge in [-0.15, -0.1) is 25.9 Å². The number of benzene rings is 2. The van der Waals surface area contributed by atoms with Crippen molar-refractivity contribution in [2.75, 3.05) is 7.05 Å². The van der Waals surface area contributed by atoms with E-state index < -0.39 is 0 Å². The number of halogens is 1. The quantitative estimate of drug-likeness (QED) is 0.477. The first-order valence-corrected chi connectivity index (χ1v) is 9.67. The van der Waals surface area contributed by atoms with E-state index in [1.54, 1.807) is 32.2 Å². The van der Waals surface area contributed by atoms with Crippen LogP contribution in [0, 0.1) is 12.7 Å². The minimum Gasteiger partial charge on any atom is -0.687 e. The van der Waals surface area contributed by atoms with Crippen LogP contribution in [0.5, 0.6) is 5.75 Å². The Kier molecular flexibility index (Phi) is 24.6. The molecular weight excluding hydrogens is 388 g/mol. The largest absolute Gasteiger partial charge is 1.00 e. The summed E-state index contributed by atoms with van der Waals surface area (Å²) in [6.07, 6.45) is 4.67. The number of allylic oxidation sites excluding steroid dienone is 2. The zero-order valence-electron chi connectivity index (χ0n) is 19.6. The van der Waals surface area contributed by atoms with Gasteiger partial charge in [0.2, 0.25) is 0 Å². The number of nitrogens with zero attached hydrogens (tertiary/aromatic N) is 1. The van der Waals surface area contributed by atoms with E-state index in [1.165, 1.54) is 11.6 Å². The Hall–Kier alpha value is -0.914. The summed E-state index contributed by atoms with van der Waals surface area (Å²) in [5.41, 5.74) is 2.83. The van der Waals surface area contributed by atoms with Gasteiger partial charge in [0, 0.05) is 0 Å². The molecule has 2 aromatic carbocycles. The van der Waals surface area contributed by atoms with Crippen LogP contribution in [0.2, 0.25) is 0 Å². The second-order valence-corrected chi connectivity index (χ2v) is 5.88. The van der Waals surface area contributed by atoms with Crippen molar-refractivity contribution in [2.45, 2.75) is 54.1 Å². The van der Waals surface area contributed by atoms with Gasteiger partial charge in [0.15, 0.2) is 0 Å². The minimum atomic E-state index is -0.132. The van der Waals surface area contributed by atoms with Crippen molar-refractivity contribution < 1.29 is 60.5 Å². The molecule has 2 nitrogen and oxygen atoms in total. The van der Waals surface area contributed by atoms with Gasteiger partial charge in [0.1, 0.15) is 11.6 Å². The second kappa shape index (κ2) is 21.8. The maximum absolute atomic E-state index is 12.3. The summed E-state index contributed by atoms with van der Waals surface area (Å²) >= 11 is 0. The topological polar surface area (TPSA) is 23.3 Å². The Morgan fingerprint density at radius 3 is 2.03 bits per heavy atom. The van der Waals surface area contributed by atoms with Gasteiger partial charge in [0.05, 0.1) is 6.10 Å². The molecule has 0 unspecified atom stereocenters. The third-order valence-electron chi connectivity index (χ3n) is 3.04. The van der Waals surface area contributed by atoms with Crippen LogP contribution in [0.4, 0.5) is 10.1 Å². The molecule has 0 fully saturated rings. The molecule has 0 bridgehead atoms. The molecule has 4 heteroatoms. The van der Waals surface area contributed by atoms with E-state index in [1.807, 2.05) is 58.9 Å². The fourth-order valence-electron chi connectivity index (χ4n) is 1.95. The van der Waals surface area contributed by atoms with Gasteiger partial charge in [-0.05, 0) is 63.4 Å². The van der Waals surface area contributed by atoms with Gasteiger partial charge in [-0.25, -0.2) is 4.39 Å². The molecule has 0 N–H and O–H groups in total. The molecule has 0 heterocycles. The molecule has 0 saturated carbocycles. The predicted molar refractivity (Wildman–Crippen MR) is 123 cm³/mol. The standard InChI is InChI=1S/C13H18NO.C7H7F.C3H6.C2H6.K/c1-5-6-11-7-12(14-4)9-13(8-11)15-10(2)3;1-6-4-2-3-5-7(6)8;1-3-2;1-2;/h5,7-10H,1,6H2,2-4H3;2-5H,1H3;3H,1H2,2H3;1-2H3;/q-1;;;;+1. The number of hydrogen-bond donors (Lipinski definition) is 0. The van der Waals surface area contributed by atoms with Crippen molar-refractivity contribution >= 4 is 5.69 Å². The first-order valence-electron chi connectivity index (χ1n) is 9.67. The van der Waals surface area contributed by atoms with Crippen molar-refractivity contribution in [1.82, 2.24) is 0 Å². The van der Waals surface area contributed by atoms with Crippen molar-refractivity contribution in [1.29, 1.82) is 0 Å². The zero-order valence-corrected chi connectivity index (χ0v) is 22.8. The van der Waals surface area contributed by atoms with Crippen LogP contribution in [-0.2, 0) is 6.42 Å². The van der Waals surface area contributed by atoms with Crippen LogP contribution in [-0.4, -0.2) is 13.2 Å². The molecule has 0 saturated heterocycles. The van der Waals surface area contributed by atoms with Gasteiger partial charge in [-0.1, -0.05) is 50.3 Å². The maximum Gasteiger partial charge on any atom is 1.00 e. The van der Waals surface area contributed by atoms with Crippen LogP contribution in [0.1, 0.15) is 45.7 Å². The molecule has 0 amide bonds. The molecular formula is C25H37FKNO. The SMILES string of the molecule is C=CC.C=CCc1cc([N-]C)cc(OC(C)C)c1.CC.Cc1ccccc1F.[K+]. The van der Waals surface area contributed by atoms with E-state index in [-0.39, 0.29) is 63.3 Å². The molecule has 2 aromatic rings. The average molecular weight is 426 g/mol. The van der Waals surface area contributed by atoms with Gasteiger partial charge < -0.3 is 10.1 Å². The van der Waals surface area contributed by atoms with E-state index in [0.717, 1.165) is 17.9 Å². The zero-order chi connectivity index (χ0) is 21.9. The van der Waals surface area contributed by atoms with E-state index in [4.69, 9.17) is 4.74 Å².